The van der Waals surface area contributed by atoms with Crippen LogP contribution in [0.2, 0.25) is 5.02 Å². The zero-order valence-electron chi connectivity index (χ0n) is 10.9. The number of hydrogen-bond donors (Lipinski definition) is 2. The van der Waals surface area contributed by atoms with Crippen LogP contribution in [0.25, 0.3) is 0 Å². The van der Waals surface area contributed by atoms with Crippen LogP contribution >= 0.6 is 11.6 Å². The number of aromatic nitrogens is 3. The van der Waals surface area contributed by atoms with Crippen LogP contribution in [0.3, 0.4) is 0 Å². The Labute approximate surface area is 121 Å². The minimum Gasteiger partial charge on any atom is -0.354 e. The fourth-order valence-corrected chi connectivity index (χ4v) is 1.96. The second kappa shape index (κ2) is 7.02. The quantitative estimate of drug-likeness (QED) is 0.823. The number of rotatable bonds is 6. The lowest BCUT2D eigenvalue weighted by atomic mass is 10.1. The molecule has 1 heterocycles. The maximum Gasteiger partial charge on any atom is 0.241 e. The number of halogens is 1. The molecule has 0 bridgehead atoms. The van der Waals surface area contributed by atoms with Crippen LogP contribution in [-0.2, 0) is 24.3 Å². The van der Waals surface area contributed by atoms with Crippen molar-refractivity contribution in [1.82, 2.24) is 20.3 Å². The minimum absolute atomic E-state index is 0.111. The van der Waals surface area contributed by atoms with Crippen LogP contribution in [0.4, 0.5) is 0 Å². The van der Waals surface area contributed by atoms with Gasteiger partial charge in [0, 0.05) is 18.1 Å². The van der Waals surface area contributed by atoms with Crippen LogP contribution in [-0.4, -0.2) is 27.4 Å². The maximum atomic E-state index is 11.7. The summed E-state index contributed by atoms with van der Waals surface area (Å²) < 4.78 is 1.47. The number of carbonyl (C=O) groups excluding carboxylic acids is 1. The Bertz CT molecular complexity index is 584. The highest BCUT2D eigenvalue weighted by molar-refractivity contribution is 6.30. The smallest absolute Gasteiger partial charge is 0.241 e. The minimum atomic E-state index is -0.111. The van der Waals surface area contributed by atoms with Gasteiger partial charge in [-0.3, -0.25) is 4.79 Å². The van der Waals surface area contributed by atoms with Gasteiger partial charge in [-0.2, -0.15) is 0 Å². The van der Waals surface area contributed by atoms with E-state index in [1.807, 2.05) is 24.3 Å². The van der Waals surface area contributed by atoms with Gasteiger partial charge in [0.1, 0.15) is 6.54 Å². The average Bonchev–Trinajstić information content (AvgIpc) is 2.86. The van der Waals surface area contributed by atoms with Crippen LogP contribution in [0.5, 0.6) is 0 Å². The summed E-state index contributed by atoms with van der Waals surface area (Å²) in [6.45, 7) is 1.01. The number of nitrogens with one attached hydrogen (secondary N) is 1. The zero-order valence-corrected chi connectivity index (χ0v) is 11.7. The fourth-order valence-electron chi connectivity index (χ4n) is 1.75. The molecule has 0 fully saturated rings. The molecule has 20 heavy (non-hydrogen) atoms. The van der Waals surface area contributed by atoms with E-state index in [-0.39, 0.29) is 12.5 Å². The fraction of sp³-hybridized carbons (Fsp3) is 0.308. The summed E-state index contributed by atoms with van der Waals surface area (Å²) in [5, 5.41) is 11.2. The molecule has 1 amide bonds. The monoisotopic (exact) mass is 293 g/mol. The number of nitrogens with two attached hydrogens (primary N) is 1. The van der Waals surface area contributed by atoms with E-state index in [0.29, 0.717) is 23.8 Å². The first kappa shape index (κ1) is 14.5. The lowest BCUT2D eigenvalue weighted by molar-refractivity contribution is -0.121. The van der Waals surface area contributed by atoms with E-state index in [1.165, 1.54) is 4.68 Å². The van der Waals surface area contributed by atoms with Crippen molar-refractivity contribution in [2.24, 2.45) is 5.73 Å². The molecule has 0 atom stereocenters. The predicted octanol–water partition coefficient (Wildman–Crippen LogP) is 0.749. The van der Waals surface area contributed by atoms with Crippen molar-refractivity contribution in [3.63, 3.8) is 0 Å². The SMILES string of the molecule is NCc1cn(CC(=O)NCCc2cccc(Cl)c2)nn1. The molecule has 7 heteroatoms. The molecule has 106 valence electrons. The summed E-state index contributed by atoms with van der Waals surface area (Å²) in [6, 6.07) is 7.58. The summed E-state index contributed by atoms with van der Waals surface area (Å²) in [4.78, 5) is 11.7. The Hall–Kier alpha value is -1.92. The molecule has 0 saturated heterocycles. The highest BCUT2D eigenvalue weighted by Crippen LogP contribution is 2.10. The topological polar surface area (TPSA) is 85.8 Å². The van der Waals surface area contributed by atoms with Gasteiger partial charge in [0.2, 0.25) is 5.91 Å². The molecule has 0 aliphatic carbocycles. The van der Waals surface area contributed by atoms with Gasteiger partial charge >= 0.3 is 0 Å². The number of benzene rings is 1. The third kappa shape index (κ3) is 4.32. The predicted molar refractivity (Wildman–Crippen MR) is 76.1 cm³/mol. The number of hydrogen-bond acceptors (Lipinski definition) is 4. The Morgan fingerprint density at radius 1 is 1.45 bits per heavy atom. The van der Waals surface area contributed by atoms with Gasteiger partial charge in [-0.15, -0.1) is 5.10 Å². The van der Waals surface area contributed by atoms with Gasteiger partial charge in [0.25, 0.3) is 0 Å². The molecule has 2 rings (SSSR count). The molecular formula is C13H16ClN5O. The first-order valence-corrected chi connectivity index (χ1v) is 6.65. The van der Waals surface area contributed by atoms with Crippen molar-refractivity contribution < 1.29 is 4.79 Å². The molecule has 1 aromatic heterocycles. The van der Waals surface area contributed by atoms with Crippen molar-refractivity contribution >= 4 is 17.5 Å². The third-order valence-electron chi connectivity index (χ3n) is 2.73. The van der Waals surface area contributed by atoms with Crippen LogP contribution in [0.15, 0.2) is 30.5 Å². The number of nitrogens with zero attached hydrogens (tertiary/aromatic N) is 3. The molecule has 1 aromatic carbocycles. The van der Waals surface area contributed by atoms with Crippen LogP contribution in [0, 0.1) is 0 Å². The van der Waals surface area contributed by atoms with E-state index in [9.17, 15) is 4.79 Å². The highest BCUT2D eigenvalue weighted by atomic mass is 35.5. The van der Waals surface area contributed by atoms with Gasteiger partial charge in [0.15, 0.2) is 0 Å². The summed E-state index contributed by atoms with van der Waals surface area (Å²) >= 11 is 5.89. The maximum absolute atomic E-state index is 11.7. The number of amides is 1. The van der Waals surface area contributed by atoms with E-state index < -0.39 is 0 Å². The normalized spacial score (nSPS) is 10.5. The largest absolute Gasteiger partial charge is 0.354 e. The third-order valence-corrected chi connectivity index (χ3v) is 2.96. The van der Waals surface area contributed by atoms with Crippen molar-refractivity contribution in [2.75, 3.05) is 6.54 Å². The van der Waals surface area contributed by atoms with E-state index >= 15 is 0 Å². The van der Waals surface area contributed by atoms with Gasteiger partial charge in [-0.1, -0.05) is 28.9 Å². The van der Waals surface area contributed by atoms with Crippen molar-refractivity contribution in [3.05, 3.63) is 46.7 Å². The first-order valence-electron chi connectivity index (χ1n) is 6.27. The highest BCUT2D eigenvalue weighted by Gasteiger charge is 2.05. The Morgan fingerprint density at radius 3 is 3.00 bits per heavy atom. The van der Waals surface area contributed by atoms with Gasteiger partial charge in [-0.05, 0) is 24.1 Å². The van der Waals surface area contributed by atoms with Crippen molar-refractivity contribution in [2.45, 2.75) is 19.5 Å². The molecule has 3 N–H and O–H groups in total. The number of carbonyl (C=O) groups is 1. The van der Waals surface area contributed by atoms with Crippen molar-refractivity contribution in [1.29, 1.82) is 0 Å². The standard InChI is InChI=1S/C13H16ClN5O/c14-11-3-1-2-10(6-11)4-5-16-13(20)9-19-8-12(7-15)17-18-19/h1-3,6,8H,4-5,7,9,15H2,(H,16,20). The molecule has 2 aromatic rings. The molecule has 0 saturated carbocycles. The van der Waals surface area contributed by atoms with E-state index in [0.717, 1.165) is 12.0 Å². The Kier molecular flexibility index (Phi) is 5.09. The second-order valence-electron chi connectivity index (χ2n) is 4.34. The zero-order chi connectivity index (χ0) is 14.4. The molecule has 0 spiro atoms. The summed E-state index contributed by atoms with van der Waals surface area (Å²) in [7, 11) is 0. The molecular weight excluding hydrogens is 278 g/mol. The lowest BCUT2D eigenvalue weighted by Gasteiger charge is -2.05. The first-order chi connectivity index (χ1) is 9.67. The van der Waals surface area contributed by atoms with Crippen LogP contribution in [0.1, 0.15) is 11.3 Å². The molecule has 0 aliphatic rings. The van der Waals surface area contributed by atoms with Gasteiger partial charge in [-0.25, -0.2) is 4.68 Å². The van der Waals surface area contributed by atoms with Gasteiger partial charge in [0.05, 0.1) is 11.9 Å². The Balaban J connectivity index is 1.75. The molecule has 0 unspecified atom stereocenters. The van der Waals surface area contributed by atoms with Crippen LogP contribution < -0.4 is 11.1 Å². The lowest BCUT2D eigenvalue weighted by Crippen LogP contribution is -2.29. The van der Waals surface area contributed by atoms with E-state index in [4.69, 9.17) is 17.3 Å². The van der Waals surface area contributed by atoms with Gasteiger partial charge < -0.3 is 11.1 Å². The van der Waals surface area contributed by atoms with E-state index in [1.54, 1.807) is 6.20 Å². The summed E-state index contributed by atoms with van der Waals surface area (Å²) in [5.41, 5.74) is 7.17. The Morgan fingerprint density at radius 2 is 2.30 bits per heavy atom. The second-order valence-corrected chi connectivity index (χ2v) is 4.78. The average molecular weight is 294 g/mol. The summed E-state index contributed by atoms with van der Waals surface area (Å²) in [5.74, 6) is -0.111. The summed E-state index contributed by atoms with van der Waals surface area (Å²) in [6.07, 6.45) is 2.40. The van der Waals surface area contributed by atoms with Crippen molar-refractivity contribution in [3.8, 4) is 0 Å². The molecule has 0 radical (unpaired) electrons. The molecule has 0 aliphatic heterocycles. The molecule has 6 nitrogen and oxygen atoms in total. The van der Waals surface area contributed by atoms with E-state index in [2.05, 4.69) is 15.6 Å².